The lowest BCUT2D eigenvalue weighted by Gasteiger charge is -2.51. The molecular weight excluding hydrogens is 434 g/mol. The molecule has 34 heavy (non-hydrogen) atoms. The molecule has 2 N–H and O–H groups in total. The molecule has 0 radical (unpaired) electrons. The average Bonchev–Trinajstić information content (AvgIpc) is 3.23. The number of rotatable bonds is 3. The van der Waals surface area contributed by atoms with Crippen molar-refractivity contribution in [3.8, 4) is 0 Å². The molecule has 0 aromatic heterocycles. The second-order valence-electron chi connectivity index (χ2n) is 11.3. The highest BCUT2D eigenvalue weighted by Gasteiger charge is 2.58. The maximum atomic E-state index is 15.1. The van der Waals surface area contributed by atoms with Crippen molar-refractivity contribution in [2.24, 2.45) is 23.2 Å². The summed E-state index contributed by atoms with van der Waals surface area (Å²) in [4.78, 5) is 15.9. The molecule has 2 aliphatic rings. The molecule has 4 nitrogen and oxygen atoms in total. The van der Waals surface area contributed by atoms with Crippen molar-refractivity contribution in [2.45, 2.75) is 45.6 Å². The number of benzene rings is 2. The lowest BCUT2D eigenvalue weighted by atomic mass is 9.57. The van der Waals surface area contributed by atoms with E-state index in [9.17, 15) is 14.3 Å². The number of nitrogens with zero attached hydrogens (tertiary/aromatic N) is 1. The van der Waals surface area contributed by atoms with Crippen LogP contribution in [0.15, 0.2) is 48.5 Å². The summed E-state index contributed by atoms with van der Waals surface area (Å²) in [7, 11) is 0. The van der Waals surface area contributed by atoms with Gasteiger partial charge in [-0.15, -0.1) is 0 Å². The Morgan fingerprint density at radius 3 is 2.24 bits per heavy atom. The second kappa shape index (κ2) is 8.72. The van der Waals surface area contributed by atoms with Gasteiger partial charge in [0.1, 0.15) is 11.6 Å². The number of likely N-dealkylation sites (tertiary alicyclic amines) is 1. The van der Waals surface area contributed by atoms with Crippen molar-refractivity contribution >= 4 is 5.91 Å². The largest absolute Gasteiger partial charge is 0.384 e. The molecule has 2 saturated heterocycles. The summed E-state index contributed by atoms with van der Waals surface area (Å²) in [5.74, 6) is -2.15. The molecular formula is C28H36F2N2O2. The van der Waals surface area contributed by atoms with E-state index in [2.05, 4.69) is 5.32 Å². The van der Waals surface area contributed by atoms with E-state index in [0.29, 0.717) is 31.7 Å². The topological polar surface area (TPSA) is 52.6 Å². The summed E-state index contributed by atoms with van der Waals surface area (Å²) >= 11 is 0. The SMILES string of the molecule is CC1CN(C(=O)[C@@H]2CNC[C@@]2(c2ccc(F)cc2F)C(C)(C)C)CC(C)C1(O)c1ccccc1. The number of hydrogen-bond donors (Lipinski definition) is 2. The Balaban J connectivity index is 1.68. The van der Waals surface area contributed by atoms with E-state index < -0.39 is 34.0 Å². The van der Waals surface area contributed by atoms with Gasteiger partial charge in [0, 0.05) is 49.5 Å². The predicted molar refractivity (Wildman–Crippen MR) is 129 cm³/mol. The van der Waals surface area contributed by atoms with Crippen LogP contribution in [-0.4, -0.2) is 42.1 Å². The van der Waals surface area contributed by atoms with E-state index in [-0.39, 0.29) is 17.7 Å². The monoisotopic (exact) mass is 470 g/mol. The number of nitrogens with one attached hydrogen (secondary N) is 1. The van der Waals surface area contributed by atoms with E-state index in [1.807, 2.05) is 69.9 Å². The van der Waals surface area contributed by atoms with E-state index in [1.165, 1.54) is 12.1 Å². The van der Waals surface area contributed by atoms with Crippen LogP contribution in [0.5, 0.6) is 0 Å². The lowest BCUT2D eigenvalue weighted by molar-refractivity contribution is -0.155. The van der Waals surface area contributed by atoms with Crippen LogP contribution >= 0.6 is 0 Å². The van der Waals surface area contributed by atoms with Gasteiger partial charge < -0.3 is 15.3 Å². The number of amides is 1. The first-order valence-corrected chi connectivity index (χ1v) is 12.2. The van der Waals surface area contributed by atoms with Gasteiger partial charge >= 0.3 is 0 Å². The number of carbonyl (C=O) groups excluding carboxylic acids is 1. The molecule has 2 fully saturated rings. The molecule has 0 aliphatic carbocycles. The molecule has 0 spiro atoms. The maximum absolute atomic E-state index is 15.1. The zero-order valence-electron chi connectivity index (χ0n) is 20.7. The Bertz CT molecular complexity index is 1040. The molecule has 2 aromatic rings. The Labute approximate surface area is 201 Å². The van der Waals surface area contributed by atoms with Crippen LogP contribution in [0.2, 0.25) is 0 Å². The number of halogens is 2. The molecule has 1 amide bonds. The minimum absolute atomic E-state index is 0.0440. The molecule has 0 bridgehead atoms. The van der Waals surface area contributed by atoms with Gasteiger partial charge in [0.15, 0.2) is 0 Å². The summed E-state index contributed by atoms with van der Waals surface area (Å²) in [5, 5.41) is 15.0. The zero-order chi connectivity index (χ0) is 24.9. The maximum Gasteiger partial charge on any atom is 0.227 e. The van der Waals surface area contributed by atoms with Crippen LogP contribution in [-0.2, 0) is 15.8 Å². The summed E-state index contributed by atoms with van der Waals surface area (Å²) in [6.07, 6.45) is 0. The molecule has 4 rings (SSSR count). The van der Waals surface area contributed by atoms with Crippen LogP contribution in [0, 0.1) is 34.8 Å². The van der Waals surface area contributed by atoms with Crippen LogP contribution in [0.1, 0.15) is 45.7 Å². The number of carbonyl (C=O) groups is 1. The number of hydrogen-bond acceptors (Lipinski definition) is 3. The van der Waals surface area contributed by atoms with Gasteiger partial charge in [0.2, 0.25) is 5.91 Å². The van der Waals surface area contributed by atoms with Crippen molar-refractivity contribution in [1.29, 1.82) is 0 Å². The van der Waals surface area contributed by atoms with Crippen molar-refractivity contribution in [2.75, 3.05) is 26.2 Å². The van der Waals surface area contributed by atoms with Crippen LogP contribution in [0.3, 0.4) is 0 Å². The standard InChI is InChI=1S/C28H36F2N2O2/c1-18-15-32(16-19(2)28(18,34)20-9-7-6-8-10-20)25(33)23-14-31-17-27(23,26(3,4)5)22-12-11-21(29)13-24(22)30/h6-13,18-19,23,31,34H,14-17H2,1-5H3/t18?,19?,23-,27-,28?/m0/s1. The van der Waals surface area contributed by atoms with Crippen molar-refractivity contribution in [3.63, 3.8) is 0 Å². The summed E-state index contributed by atoms with van der Waals surface area (Å²) in [6.45, 7) is 11.7. The first-order valence-electron chi connectivity index (χ1n) is 12.2. The number of aliphatic hydroxyl groups is 1. The molecule has 2 heterocycles. The highest BCUT2D eigenvalue weighted by molar-refractivity contribution is 5.82. The minimum atomic E-state index is -1.03. The highest BCUT2D eigenvalue weighted by atomic mass is 19.1. The van der Waals surface area contributed by atoms with Gasteiger partial charge in [-0.25, -0.2) is 8.78 Å². The second-order valence-corrected chi connectivity index (χ2v) is 11.3. The molecule has 4 atom stereocenters. The predicted octanol–water partition coefficient (Wildman–Crippen LogP) is 4.47. The Morgan fingerprint density at radius 2 is 1.68 bits per heavy atom. The quantitative estimate of drug-likeness (QED) is 0.696. The van der Waals surface area contributed by atoms with Crippen molar-refractivity contribution in [3.05, 3.63) is 71.3 Å². The van der Waals surface area contributed by atoms with Gasteiger partial charge in [-0.05, 0) is 22.6 Å². The van der Waals surface area contributed by atoms with Gasteiger partial charge in [-0.2, -0.15) is 0 Å². The van der Waals surface area contributed by atoms with Gasteiger partial charge in [0.25, 0.3) is 0 Å². The minimum Gasteiger partial charge on any atom is -0.384 e. The van der Waals surface area contributed by atoms with Crippen LogP contribution in [0.25, 0.3) is 0 Å². The fraction of sp³-hybridized carbons (Fsp3) is 0.536. The van der Waals surface area contributed by atoms with E-state index >= 15 is 4.39 Å². The third-order valence-corrected chi connectivity index (χ3v) is 8.43. The third-order valence-electron chi connectivity index (χ3n) is 8.43. The molecule has 184 valence electrons. The molecule has 2 aliphatic heterocycles. The van der Waals surface area contributed by atoms with Gasteiger partial charge in [-0.3, -0.25) is 4.79 Å². The van der Waals surface area contributed by atoms with Crippen LogP contribution < -0.4 is 5.32 Å². The Hall–Kier alpha value is -2.31. The third kappa shape index (κ3) is 3.75. The normalized spacial score (nSPS) is 32.1. The molecule has 0 saturated carbocycles. The Morgan fingerprint density at radius 1 is 1.06 bits per heavy atom. The van der Waals surface area contributed by atoms with Crippen molar-refractivity contribution < 1.29 is 18.7 Å². The first-order chi connectivity index (χ1) is 15.9. The molecule has 6 heteroatoms. The van der Waals surface area contributed by atoms with Gasteiger partial charge in [-0.1, -0.05) is 71.0 Å². The number of piperidine rings is 1. The van der Waals surface area contributed by atoms with Crippen molar-refractivity contribution in [1.82, 2.24) is 10.2 Å². The Kier molecular flexibility index (Phi) is 6.36. The first kappa shape index (κ1) is 24.8. The highest BCUT2D eigenvalue weighted by Crippen LogP contribution is 2.51. The molecule has 2 aromatic carbocycles. The fourth-order valence-electron chi connectivity index (χ4n) is 6.51. The summed E-state index contributed by atoms with van der Waals surface area (Å²) in [5.41, 5.74) is -1.09. The van der Waals surface area contributed by atoms with Crippen LogP contribution in [0.4, 0.5) is 8.78 Å². The lowest BCUT2D eigenvalue weighted by Crippen LogP contribution is -2.59. The van der Waals surface area contributed by atoms with E-state index in [4.69, 9.17) is 0 Å². The summed E-state index contributed by atoms with van der Waals surface area (Å²) in [6, 6.07) is 13.3. The molecule has 2 unspecified atom stereocenters. The fourth-order valence-corrected chi connectivity index (χ4v) is 6.51. The van der Waals surface area contributed by atoms with E-state index in [1.54, 1.807) is 0 Å². The van der Waals surface area contributed by atoms with Gasteiger partial charge in [0.05, 0.1) is 11.5 Å². The summed E-state index contributed by atoms with van der Waals surface area (Å²) < 4.78 is 28.9. The average molecular weight is 471 g/mol. The van der Waals surface area contributed by atoms with E-state index in [0.717, 1.165) is 11.6 Å². The smallest absolute Gasteiger partial charge is 0.227 e. The zero-order valence-corrected chi connectivity index (χ0v) is 20.7.